The zero-order valence-corrected chi connectivity index (χ0v) is 24.4. The molecule has 1 saturated heterocycles. The van der Waals surface area contributed by atoms with E-state index < -0.39 is 14.9 Å². The van der Waals surface area contributed by atoms with Gasteiger partial charge in [-0.2, -0.15) is 0 Å². The average molecular weight is 593 g/mol. The normalized spacial score (nSPS) is 16.9. The Morgan fingerprint density at radius 2 is 1.83 bits per heavy atom. The molecule has 2 N–H and O–H groups in total. The zero-order chi connectivity index (χ0) is 29.5. The Labute approximate surface area is 243 Å². The van der Waals surface area contributed by atoms with E-state index in [1.807, 2.05) is 47.6 Å². The van der Waals surface area contributed by atoms with E-state index in [0.717, 1.165) is 34.6 Å². The number of nitrogens with zero attached hydrogens (tertiary/aromatic N) is 4. The topological polar surface area (TPSA) is 132 Å². The number of sulfonamides is 1. The highest BCUT2D eigenvalue weighted by atomic mass is 32.2. The number of pyridine rings is 1. The van der Waals surface area contributed by atoms with Crippen molar-refractivity contribution < 1.29 is 18.1 Å². The van der Waals surface area contributed by atoms with Gasteiger partial charge in [0.25, 0.3) is 5.69 Å². The van der Waals surface area contributed by atoms with E-state index in [1.165, 1.54) is 19.2 Å². The molecule has 5 rings (SSSR count). The fraction of sp³-hybridized carbons (Fsp3) is 0.214. The minimum absolute atomic E-state index is 0.0469. The number of nitrogens with one attached hydrogen (secondary N) is 2. The van der Waals surface area contributed by atoms with Crippen molar-refractivity contribution in [2.75, 3.05) is 23.0 Å². The van der Waals surface area contributed by atoms with Gasteiger partial charge in [0.1, 0.15) is 5.75 Å². The van der Waals surface area contributed by atoms with E-state index in [0.29, 0.717) is 22.2 Å². The molecule has 0 bridgehead atoms. The molecule has 0 aliphatic carbocycles. The molecule has 11 nitrogen and oxygen atoms in total. The summed E-state index contributed by atoms with van der Waals surface area (Å²) in [5.74, 6) is 0.496. The number of hydrogen-bond acceptors (Lipinski definition) is 7. The Kier molecular flexibility index (Phi) is 7.41. The van der Waals surface area contributed by atoms with Gasteiger partial charge in [-0.25, -0.2) is 8.42 Å². The molecule has 41 heavy (non-hydrogen) atoms. The molecule has 0 spiro atoms. The Balaban J connectivity index is 1.66. The number of nitro groups is 1. The van der Waals surface area contributed by atoms with Crippen molar-refractivity contribution in [2.45, 2.75) is 25.9 Å². The standard InChI is InChI=1S/C28H28N6O5S2/c1-17-15-22(18(2)32(17)24-16-21(34(35)36)12-13-25(24)39-3)27-26(23-7-5-6-14-29-23)30-28(40)33(27)20-10-8-19(9-11-20)31-41(4,37)38/h5-16,26-27,31H,1-4H3,(H,30,40)/t26-,27+/m1/s1. The number of ether oxygens (including phenoxy) is 1. The summed E-state index contributed by atoms with van der Waals surface area (Å²) in [4.78, 5) is 17.7. The number of thiocarbonyl (C=S) groups is 1. The molecule has 0 amide bonds. The van der Waals surface area contributed by atoms with Gasteiger partial charge < -0.3 is 19.5 Å². The summed E-state index contributed by atoms with van der Waals surface area (Å²) in [6.45, 7) is 3.88. The number of aryl methyl sites for hydroxylation is 1. The second kappa shape index (κ2) is 10.8. The third-order valence-corrected chi connectivity index (χ3v) is 7.87. The third kappa shape index (κ3) is 5.45. The highest BCUT2D eigenvalue weighted by Gasteiger charge is 2.42. The second-order valence-electron chi connectivity index (χ2n) is 9.69. The van der Waals surface area contributed by atoms with Gasteiger partial charge in [0.2, 0.25) is 10.0 Å². The molecule has 0 radical (unpaired) electrons. The van der Waals surface area contributed by atoms with Crippen LogP contribution in [0.25, 0.3) is 5.69 Å². The lowest BCUT2D eigenvalue weighted by atomic mass is 9.96. The molecular formula is C28H28N6O5S2. The van der Waals surface area contributed by atoms with Crippen LogP contribution in [0.2, 0.25) is 0 Å². The first kappa shape index (κ1) is 28.1. The summed E-state index contributed by atoms with van der Waals surface area (Å²) in [6.07, 6.45) is 2.82. The molecule has 0 unspecified atom stereocenters. The Morgan fingerprint density at radius 3 is 2.44 bits per heavy atom. The molecule has 1 aliphatic rings. The number of methoxy groups -OCH3 is 1. The second-order valence-corrected chi connectivity index (χ2v) is 11.8. The van der Waals surface area contributed by atoms with Crippen LogP contribution in [-0.2, 0) is 10.0 Å². The minimum Gasteiger partial charge on any atom is -0.495 e. The summed E-state index contributed by atoms with van der Waals surface area (Å²) >= 11 is 5.83. The van der Waals surface area contributed by atoms with Gasteiger partial charge in [0.15, 0.2) is 5.11 Å². The maximum Gasteiger partial charge on any atom is 0.271 e. The summed E-state index contributed by atoms with van der Waals surface area (Å²) in [5, 5.41) is 15.5. The van der Waals surface area contributed by atoms with Crippen molar-refractivity contribution >= 4 is 44.4 Å². The highest BCUT2D eigenvalue weighted by molar-refractivity contribution is 7.92. The summed E-state index contributed by atoms with van der Waals surface area (Å²) in [6, 6.07) is 18.5. The lowest BCUT2D eigenvalue weighted by Crippen LogP contribution is -2.29. The van der Waals surface area contributed by atoms with Crippen LogP contribution in [0.1, 0.15) is 34.7 Å². The average Bonchev–Trinajstić information content (AvgIpc) is 3.43. The minimum atomic E-state index is -3.43. The van der Waals surface area contributed by atoms with Crippen LogP contribution in [0.3, 0.4) is 0 Å². The highest BCUT2D eigenvalue weighted by Crippen LogP contribution is 2.44. The Morgan fingerprint density at radius 1 is 1.10 bits per heavy atom. The molecule has 1 fully saturated rings. The van der Waals surface area contributed by atoms with Gasteiger partial charge in [0, 0.05) is 41.1 Å². The number of non-ortho nitro benzene ring substituents is 1. The van der Waals surface area contributed by atoms with Gasteiger partial charge >= 0.3 is 0 Å². The summed E-state index contributed by atoms with van der Waals surface area (Å²) in [7, 11) is -1.90. The van der Waals surface area contributed by atoms with Gasteiger partial charge in [-0.3, -0.25) is 19.8 Å². The lowest BCUT2D eigenvalue weighted by Gasteiger charge is -2.28. The van der Waals surface area contributed by atoms with E-state index in [-0.39, 0.29) is 17.8 Å². The van der Waals surface area contributed by atoms with E-state index in [2.05, 4.69) is 15.0 Å². The lowest BCUT2D eigenvalue weighted by molar-refractivity contribution is -0.384. The number of rotatable bonds is 8. The number of anilines is 2. The molecule has 2 aromatic carbocycles. The van der Waals surface area contributed by atoms with E-state index >= 15 is 0 Å². The maximum atomic E-state index is 11.7. The van der Waals surface area contributed by atoms with Crippen molar-refractivity contribution in [3.8, 4) is 11.4 Å². The molecule has 4 aromatic rings. The van der Waals surface area contributed by atoms with Gasteiger partial charge in [0.05, 0.1) is 41.8 Å². The van der Waals surface area contributed by atoms with Crippen molar-refractivity contribution in [3.05, 3.63) is 106 Å². The monoisotopic (exact) mass is 592 g/mol. The molecule has 3 heterocycles. The first-order valence-electron chi connectivity index (χ1n) is 12.6. The Bertz CT molecular complexity index is 1740. The molecule has 0 saturated carbocycles. The molecule has 2 aromatic heterocycles. The first-order valence-corrected chi connectivity index (χ1v) is 14.9. The fourth-order valence-electron chi connectivity index (χ4n) is 5.28. The molecule has 212 valence electrons. The fourth-order valence-corrected chi connectivity index (χ4v) is 6.19. The van der Waals surface area contributed by atoms with Crippen molar-refractivity contribution in [1.82, 2.24) is 14.9 Å². The molecule has 1 aliphatic heterocycles. The van der Waals surface area contributed by atoms with E-state index in [1.54, 1.807) is 36.5 Å². The number of nitro benzene ring substituents is 1. The summed E-state index contributed by atoms with van der Waals surface area (Å²) in [5.41, 5.74) is 5.10. The first-order chi connectivity index (χ1) is 19.5. The van der Waals surface area contributed by atoms with E-state index in [9.17, 15) is 18.5 Å². The van der Waals surface area contributed by atoms with Crippen LogP contribution < -0.4 is 19.7 Å². The third-order valence-electron chi connectivity index (χ3n) is 6.95. The SMILES string of the molecule is COc1ccc([N+](=O)[O-])cc1-n1c(C)cc([C@H]2[C@@H](c3ccccn3)NC(=S)N2c2ccc(NS(C)(=O)=O)cc2)c1C. The van der Waals surface area contributed by atoms with E-state index in [4.69, 9.17) is 17.0 Å². The van der Waals surface area contributed by atoms with Crippen molar-refractivity contribution in [1.29, 1.82) is 0 Å². The van der Waals surface area contributed by atoms with Gasteiger partial charge in [-0.05, 0) is 80.2 Å². The van der Waals surface area contributed by atoms with Crippen LogP contribution in [0.4, 0.5) is 17.1 Å². The quantitative estimate of drug-likeness (QED) is 0.166. The van der Waals surface area contributed by atoms with Crippen LogP contribution in [-0.4, -0.2) is 41.4 Å². The van der Waals surface area contributed by atoms with Gasteiger partial charge in [-0.15, -0.1) is 0 Å². The summed E-state index contributed by atoms with van der Waals surface area (Å²) < 4.78 is 33.4. The van der Waals surface area contributed by atoms with Crippen molar-refractivity contribution in [3.63, 3.8) is 0 Å². The predicted molar refractivity (Wildman–Crippen MR) is 161 cm³/mol. The van der Waals surface area contributed by atoms with Crippen LogP contribution in [0.5, 0.6) is 5.75 Å². The molecule has 13 heteroatoms. The predicted octanol–water partition coefficient (Wildman–Crippen LogP) is 4.95. The number of benzene rings is 2. The number of aromatic nitrogens is 2. The van der Waals surface area contributed by atoms with Crippen LogP contribution in [0.15, 0.2) is 72.9 Å². The van der Waals surface area contributed by atoms with Gasteiger partial charge in [-0.1, -0.05) is 6.07 Å². The molecular weight excluding hydrogens is 564 g/mol. The van der Waals surface area contributed by atoms with Crippen molar-refractivity contribution in [2.24, 2.45) is 0 Å². The van der Waals surface area contributed by atoms with Crippen LogP contribution >= 0.6 is 12.2 Å². The van der Waals surface area contributed by atoms with Crippen LogP contribution in [0, 0.1) is 24.0 Å². The molecule has 2 atom stereocenters. The largest absolute Gasteiger partial charge is 0.495 e. The Hall–Kier alpha value is -4.49. The number of hydrogen-bond donors (Lipinski definition) is 2. The maximum absolute atomic E-state index is 11.7. The smallest absolute Gasteiger partial charge is 0.271 e. The zero-order valence-electron chi connectivity index (χ0n) is 22.7.